The Balaban J connectivity index is 1.95. The van der Waals surface area contributed by atoms with Crippen molar-refractivity contribution in [3.8, 4) is 0 Å². The normalized spacial score (nSPS) is 21.5. The molecule has 0 aromatic carbocycles. The summed E-state index contributed by atoms with van der Waals surface area (Å²) >= 11 is 0. The first-order chi connectivity index (χ1) is 12.0. The number of pyridine rings is 1. The first kappa shape index (κ1) is 19.5. The lowest BCUT2D eigenvalue weighted by atomic mass is 10.2. The lowest BCUT2D eigenvalue weighted by molar-refractivity contribution is -0.00545. The van der Waals surface area contributed by atoms with E-state index < -0.39 is 0 Å². The summed E-state index contributed by atoms with van der Waals surface area (Å²) in [5.41, 5.74) is 1.11. The molecule has 6 nitrogen and oxygen atoms in total. The van der Waals surface area contributed by atoms with E-state index in [0.717, 1.165) is 43.5 Å². The Morgan fingerprint density at radius 2 is 2.00 bits per heavy atom. The second-order valence-corrected chi connectivity index (χ2v) is 7.16. The zero-order valence-electron chi connectivity index (χ0n) is 16.2. The van der Waals surface area contributed by atoms with Crippen molar-refractivity contribution in [2.24, 2.45) is 10.9 Å². The molecule has 0 aliphatic carbocycles. The van der Waals surface area contributed by atoms with Crippen LogP contribution in [0.4, 0.5) is 5.82 Å². The number of anilines is 1. The molecule has 2 N–H and O–H groups in total. The van der Waals surface area contributed by atoms with Crippen molar-refractivity contribution in [3.05, 3.63) is 23.9 Å². The van der Waals surface area contributed by atoms with E-state index in [0.29, 0.717) is 12.5 Å². The van der Waals surface area contributed by atoms with Gasteiger partial charge in [0.1, 0.15) is 5.82 Å². The minimum Gasteiger partial charge on any atom is -0.372 e. The number of nitrogens with zero attached hydrogens (tertiary/aromatic N) is 3. The van der Waals surface area contributed by atoms with Crippen LogP contribution in [0.3, 0.4) is 0 Å². The largest absolute Gasteiger partial charge is 0.372 e. The maximum absolute atomic E-state index is 5.79. The fraction of sp³-hybridized carbons (Fsp3) is 0.684. The summed E-state index contributed by atoms with van der Waals surface area (Å²) < 4.78 is 5.79. The molecule has 1 aliphatic heterocycles. The monoisotopic (exact) mass is 347 g/mol. The van der Waals surface area contributed by atoms with E-state index in [4.69, 9.17) is 4.74 Å². The predicted molar refractivity (Wildman–Crippen MR) is 104 cm³/mol. The topological polar surface area (TPSA) is 61.8 Å². The molecule has 0 saturated carbocycles. The second kappa shape index (κ2) is 9.61. The molecule has 0 amide bonds. The number of hydrogen-bond acceptors (Lipinski definition) is 4. The van der Waals surface area contributed by atoms with Gasteiger partial charge in [0, 0.05) is 32.4 Å². The van der Waals surface area contributed by atoms with Gasteiger partial charge < -0.3 is 20.3 Å². The highest BCUT2D eigenvalue weighted by molar-refractivity contribution is 5.79. The first-order valence-electron chi connectivity index (χ1n) is 9.35. The van der Waals surface area contributed by atoms with Crippen LogP contribution >= 0.6 is 0 Å². The van der Waals surface area contributed by atoms with Crippen LogP contribution < -0.4 is 15.5 Å². The molecule has 2 atom stereocenters. The molecule has 1 saturated heterocycles. The fourth-order valence-electron chi connectivity index (χ4n) is 2.88. The number of hydrogen-bond donors (Lipinski definition) is 2. The van der Waals surface area contributed by atoms with Gasteiger partial charge >= 0.3 is 0 Å². The van der Waals surface area contributed by atoms with Crippen LogP contribution in [0.1, 0.15) is 40.2 Å². The molecule has 2 heterocycles. The SMILES string of the molecule is CCNC(=NCc1ccc(N2CC(C)OC(C)C2)nc1)NCC(C)C. The molecule has 0 bridgehead atoms. The minimum atomic E-state index is 0.240. The zero-order chi connectivity index (χ0) is 18.2. The molecule has 2 unspecified atom stereocenters. The third kappa shape index (κ3) is 6.53. The third-order valence-electron chi connectivity index (χ3n) is 3.99. The second-order valence-electron chi connectivity index (χ2n) is 7.16. The quantitative estimate of drug-likeness (QED) is 0.611. The molecule has 1 aliphatic rings. The van der Waals surface area contributed by atoms with Gasteiger partial charge in [-0.05, 0) is 38.3 Å². The lowest BCUT2D eigenvalue weighted by Gasteiger charge is -2.36. The average molecular weight is 348 g/mol. The highest BCUT2D eigenvalue weighted by atomic mass is 16.5. The number of morpholine rings is 1. The van der Waals surface area contributed by atoms with E-state index in [9.17, 15) is 0 Å². The first-order valence-corrected chi connectivity index (χ1v) is 9.35. The van der Waals surface area contributed by atoms with Gasteiger partial charge in [0.15, 0.2) is 5.96 Å². The molecule has 25 heavy (non-hydrogen) atoms. The number of ether oxygens (including phenoxy) is 1. The number of guanidine groups is 1. The highest BCUT2D eigenvalue weighted by Crippen LogP contribution is 2.18. The molecular weight excluding hydrogens is 314 g/mol. The van der Waals surface area contributed by atoms with E-state index in [1.165, 1.54) is 0 Å². The standard InChI is InChI=1S/C19H33N5O/c1-6-20-19(22-9-14(2)3)23-11-17-7-8-18(21-10-17)24-12-15(4)25-16(5)13-24/h7-8,10,14-16H,6,9,11-13H2,1-5H3,(H2,20,22,23). The maximum atomic E-state index is 5.79. The van der Waals surface area contributed by atoms with Crippen molar-refractivity contribution < 1.29 is 4.74 Å². The van der Waals surface area contributed by atoms with Gasteiger partial charge in [-0.15, -0.1) is 0 Å². The van der Waals surface area contributed by atoms with E-state index in [-0.39, 0.29) is 12.2 Å². The molecule has 140 valence electrons. The van der Waals surface area contributed by atoms with Gasteiger partial charge in [0.25, 0.3) is 0 Å². The molecule has 1 aromatic rings. The number of aliphatic imine (C=N–C) groups is 1. The average Bonchev–Trinajstić information content (AvgIpc) is 2.57. The molecule has 0 spiro atoms. The Morgan fingerprint density at radius 1 is 1.28 bits per heavy atom. The lowest BCUT2D eigenvalue weighted by Crippen LogP contribution is -2.45. The van der Waals surface area contributed by atoms with E-state index in [1.54, 1.807) is 0 Å². The predicted octanol–water partition coefficient (Wildman–Crippen LogP) is 2.41. The molecule has 1 aromatic heterocycles. The molecule has 2 rings (SSSR count). The summed E-state index contributed by atoms with van der Waals surface area (Å²) in [6, 6.07) is 4.20. The van der Waals surface area contributed by atoms with E-state index in [2.05, 4.69) is 72.3 Å². The molecular formula is C19H33N5O. The minimum absolute atomic E-state index is 0.240. The van der Waals surface area contributed by atoms with Crippen molar-refractivity contribution in [1.82, 2.24) is 15.6 Å². The Labute approximate surface area is 152 Å². The zero-order valence-corrected chi connectivity index (χ0v) is 16.2. The van der Waals surface area contributed by atoms with Crippen molar-refractivity contribution in [2.75, 3.05) is 31.1 Å². The number of rotatable bonds is 6. The number of nitrogens with one attached hydrogen (secondary N) is 2. The van der Waals surface area contributed by atoms with Crippen LogP contribution in [-0.2, 0) is 11.3 Å². The number of aromatic nitrogens is 1. The van der Waals surface area contributed by atoms with Crippen molar-refractivity contribution in [1.29, 1.82) is 0 Å². The Kier molecular flexibility index (Phi) is 7.50. The Bertz CT molecular complexity index is 533. The van der Waals surface area contributed by atoms with Crippen LogP contribution in [-0.4, -0.2) is 49.3 Å². The Hall–Kier alpha value is -1.82. The van der Waals surface area contributed by atoms with Gasteiger partial charge in [-0.1, -0.05) is 19.9 Å². The maximum Gasteiger partial charge on any atom is 0.191 e. The summed E-state index contributed by atoms with van der Waals surface area (Å²) in [7, 11) is 0. The summed E-state index contributed by atoms with van der Waals surface area (Å²) in [6.07, 6.45) is 2.41. The van der Waals surface area contributed by atoms with Crippen molar-refractivity contribution in [3.63, 3.8) is 0 Å². The van der Waals surface area contributed by atoms with Crippen LogP contribution in [0.5, 0.6) is 0 Å². The highest BCUT2D eigenvalue weighted by Gasteiger charge is 2.22. The fourth-order valence-corrected chi connectivity index (χ4v) is 2.88. The van der Waals surface area contributed by atoms with Crippen LogP contribution in [0.25, 0.3) is 0 Å². The smallest absolute Gasteiger partial charge is 0.191 e. The van der Waals surface area contributed by atoms with Gasteiger partial charge in [-0.2, -0.15) is 0 Å². The van der Waals surface area contributed by atoms with Crippen LogP contribution in [0.15, 0.2) is 23.3 Å². The van der Waals surface area contributed by atoms with E-state index in [1.807, 2.05) is 6.20 Å². The van der Waals surface area contributed by atoms with Crippen molar-refractivity contribution in [2.45, 2.75) is 53.4 Å². The van der Waals surface area contributed by atoms with Gasteiger partial charge in [-0.3, -0.25) is 0 Å². The summed E-state index contributed by atoms with van der Waals surface area (Å²) in [5, 5.41) is 6.64. The van der Waals surface area contributed by atoms with Crippen LogP contribution in [0, 0.1) is 5.92 Å². The molecule has 0 radical (unpaired) electrons. The van der Waals surface area contributed by atoms with Gasteiger partial charge in [0.2, 0.25) is 0 Å². The van der Waals surface area contributed by atoms with Crippen LogP contribution in [0.2, 0.25) is 0 Å². The van der Waals surface area contributed by atoms with Gasteiger partial charge in [0.05, 0.1) is 18.8 Å². The van der Waals surface area contributed by atoms with Gasteiger partial charge in [-0.25, -0.2) is 9.98 Å². The summed E-state index contributed by atoms with van der Waals surface area (Å²) in [5.74, 6) is 2.46. The van der Waals surface area contributed by atoms with Crippen molar-refractivity contribution >= 4 is 11.8 Å². The van der Waals surface area contributed by atoms with E-state index >= 15 is 0 Å². The Morgan fingerprint density at radius 3 is 2.56 bits per heavy atom. The third-order valence-corrected chi connectivity index (χ3v) is 3.99. The summed E-state index contributed by atoms with van der Waals surface area (Å²) in [4.78, 5) is 11.6. The molecule has 6 heteroatoms. The summed E-state index contributed by atoms with van der Waals surface area (Å²) in [6.45, 7) is 14.8. The molecule has 1 fully saturated rings.